The Balaban J connectivity index is 1.26. The minimum atomic E-state index is 0.538. The number of nitriles is 2. The molecule has 0 saturated carbocycles. The third kappa shape index (κ3) is 5.75. The van der Waals surface area contributed by atoms with E-state index < -0.39 is 0 Å². The van der Waals surface area contributed by atoms with Crippen molar-refractivity contribution in [2.75, 3.05) is 0 Å². The molecule has 0 amide bonds. The molecule has 72 heavy (non-hydrogen) atoms. The standard InChI is InChI=1S/C66H44N6/c1-39-21-29-59-51(33-39)45-13-5-9-17-55(45)69(59)63-43(37-67)25-27-49(65(63)71-57-19-11-7-15-47(57)53-35-41(3)23-31-61(53)71)50-28-26-44(38-68)64(70-56-18-10-6-14-46(56)52-34-40(2)22-30-60(52)70)66(50)72-58-20-12-8-16-48(58)54-36-42(4)24-32-62(54)72/h5-36H,1-4H3. The molecule has 0 aliphatic heterocycles. The van der Waals surface area contributed by atoms with E-state index in [9.17, 15) is 10.5 Å². The van der Waals surface area contributed by atoms with Gasteiger partial charge >= 0.3 is 0 Å². The molecule has 6 heteroatoms. The van der Waals surface area contributed by atoms with Gasteiger partial charge in [0, 0.05) is 54.2 Å². The van der Waals surface area contributed by atoms with Gasteiger partial charge in [-0.1, -0.05) is 131 Å². The van der Waals surface area contributed by atoms with Gasteiger partial charge in [0.1, 0.15) is 12.1 Å². The third-order valence-corrected chi connectivity index (χ3v) is 15.0. The Labute approximate surface area is 415 Å². The SMILES string of the molecule is Cc1ccc2c(c1)c1ccccc1n2-c1c(C#N)ccc(-c2ccc(C#N)c(-n3c4ccccc4c4cc(C)ccc43)c2-n2c3ccccc3c3cc(C)ccc32)c1-n1c2ccccc2c2cc(C)ccc21. The molecule has 0 fully saturated rings. The van der Waals surface area contributed by atoms with E-state index in [4.69, 9.17) is 0 Å². The summed E-state index contributed by atoms with van der Waals surface area (Å²) < 4.78 is 9.42. The fourth-order valence-electron chi connectivity index (χ4n) is 12.0. The summed E-state index contributed by atoms with van der Waals surface area (Å²) in [5.41, 5.74) is 18.9. The van der Waals surface area contributed by atoms with Crippen LogP contribution in [0.5, 0.6) is 0 Å². The van der Waals surface area contributed by atoms with Gasteiger partial charge in [0.25, 0.3) is 0 Å². The fourth-order valence-corrected chi connectivity index (χ4v) is 12.0. The number of nitrogens with zero attached hydrogens (tertiary/aromatic N) is 6. The van der Waals surface area contributed by atoms with E-state index in [1.807, 2.05) is 12.1 Å². The average Bonchev–Trinajstić information content (AvgIpc) is 4.12. The van der Waals surface area contributed by atoms with E-state index in [1.165, 1.54) is 0 Å². The summed E-state index contributed by atoms with van der Waals surface area (Å²) in [6.45, 7) is 8.56. The molecule has 0 bridgehead atoms. The molecule has 10 aromatic carbocycles. The molecule has 4 heterocycles. The van der Waals surface area contributed by atoms with E-state index in [0.717, 1.165) is 143 Å². The van der Waals surface area contributed by atoms with Gasteiger partial charge in [-0.05, 0) is 113 Å². The number of para-hydroxylation sites is 4. The smallest absolute Gasteiger partial charge is 0.101 e. The maximum Gasteiger partial charge on any atom is 0.101 e. The van der Waals surface area contributed by atoms with Gasteiger partial charge in [0.2, 0.25) is 0 Å². The normalized spacial score (nSPS) is 11.9. The van der Waals surface area contributed by atoms with E-state index in [0.29, 0.717) is 11.1 Å². The third-order valence-electron chi connectivity index (χ3n) is 15.0. The van der Waals surface area contributed by atoms with Crippen LogP contribution in [0.15, 0.2) is 194 Å². The Hall–Kier alpha value is -9.62. The zero-order valence-corrected chi connectivity index (χ0v) is 40.2. The Morgan fingerprint density at radius 1 is 0.264 bits per heavy atom. The average molecular weight is 921 g/mol. The highest BCUT2D eigenvalue weighted by Gasteiger charge is 2.30. The first kappa shape index (κ1) is 41.4. The van der Waals surface area contributed by atoms with Crippen LogP contribution in [0.25, 0.3) is 121 Å². The number of fused-ring (bicyclic) bond motifs is 12. The highest BCUT2D eigenvalue weighted by molar-refractivity contribution is 6.16. The summed E-state index contributed by atoms with van der Waals surface area (Å²) in [6, 6.07) is 74.7. The van der Waals surface area contributed by atoms with Gasteiger partial charge in [-0.15, -0.1) is 0 Å². The molecule has 14 aromatic rings. The van der Waals surface area contributed by atoms with Crippen LogP contribution in [0.2, 0.25) is 0 Å². The van der Waals surface area contributed by atoms with Crippen LogP contribution < -0.4 is 0 Å². The molecule has 0 unspecified atom stereocenters. The van der Waals surface area contributed by atoms with Crippen LogP contribution in [-0.4, -0.2) is 18.3 Å². The Bertz CT molecular complexity index is 4460. The van der Waals surface area contributed by atoms with E-state index >= 15 is 0 Å². The molecule has 6 nitrogen and oxygen atoms in total. The first-order chi connectivity index (χ1) is 35.3. The summed E-state index contributed by atoms with van der Waals surface area (Å²) in [5, 5.41) is 32.1. The molecule has 338 valence electrons. The Morgan fingerprint density at radius 2 is 0.514 bits per heavy atom. The molecule has 0 aliphatic rings. The molecular weight excluding hydrogens is 877 g/mol. The predicted molar refractivity (Wildman–Crippen MR) is 298 cm³/mol. The zero-order valence-electron chi connectivity index (χ0n) is 40.2. The van der Waals surface area contributed by atoms with Gasteiger partial charge in [0.15, 0.2) is 0 Å². The first-order valence-corrected chi connectivity index (χ1v) is 24.5. The highest BCUT2D eigenvalue weighted by Crippen LogP contribution is 2.49. The first-order valence-electron chi connectivity index (χ1n) is 24.5. The van der Waals surface area contributed by atoms with Crippen LogP contribution in [0.4, 0.5) is 0 Å². The quantitative estimate of drug-likeness (QED) is 0.173. The van der Waals surface area contributed by atoms with Gasteiger partial charge < -0.3 is 18.3 Å². The Kier molecular flexibility index (Phi) is 8.87. The molecule has 0 aliphatic carbocycles. The molecule has 0 N–H and O–H groups in total. The van der Waals surface area contributed by atoms with Crippen molar-refractivity contribution < 1.29 is 0 Å². The van der Waals surface area contributed by atoms with Gasteiger partial charge in [0.05, 0.1) is 78.0 Å². The maximum atomic E-state index is 11.6. The van der Waals surface area contributed by atoms with Gasteiger partial charge in [-0.2, -0.15) is 10.5 Å². The second-order valence-corrected chi connectivity index (χ2v) is 19.4. The monoisotopic (exact) mass is 920 g/mol. The van der Waals surface area contributed by atoms with E-state index in [2.05, 4.69) is 240 Å². The number of aromatic nitrogens is 4. The maximum absolute atomic E-state index is 11.6. The van der Waals surface area contributed by atoms with Crippen LogP contribution >= 0.6 is 0 Å². The van der Waals surface area contributed by atoms with Crippen LogP contribution in [0.3, 0.4) is 0 Å². The van der Waals surface area contributed by atoms with Crippen molar-refractivity contribution in [2.24, 2.45) is 0 Å². The largest absolute Gasteiger partial charge is 0.307 e. The number of hydrogen-bond acceptors (Lipinski definition) is 2. The molecule has 0 atom stereocenters. The van der Waals surface area contributed by atoms with Crippen LogP contribution in [-0.2, 0) is 0 Å². The van der Waals surface area contributed by atoms with E-state index in [1.54, 1.807) is 0 Å². The van der Waals surface area contributed by atoms with Crippen molar-refractivity contribution >= 4 is 87.2 Å². The minimum Gasteiger partial charge on any atom is -0.307 e. The van der Waals surface area contributed by atoms with Gasteiger partial charge in [-0.3, -0.25) is 0 Å². The molecule has 0 radical (unpaired) electrons. The predicted octanol–water partition coefficient (Wildman–Crippen LogP) is 16.7. The summed E-state index contributed by atoms with van der Waals surface area (Å²) >= 11 is 0. The van der Waals surface area contributed by atoms with Crippen molar-refractivity contribution in [3.05, 3.63) is 228 Å². The molecule has 0 spiro atoms. The van der Waals surface area contributed by atoms with E-state index in [-0.39, 0.29) is 0 Å². The molecular formula is C66H44N6. The van der Waals surface area contributed by atoms with Crippen molar-refractivity contribution in [1.29, 1.82) is 10.5 Å². The Morgan fingerprint density at radius 3 is 0.792 bits per heavy atom. The number of hydrogen-bond donors (Lipinski definition) is 0. The molecule has 14 rings (SSSR count). The van der Waals surface area contributed by atoms with Crippen molar-refractivity contribution in [3.63, 3.8) is 0 Å². The van der Waals surface area contributed by atoms with Crippen molar-refractivity contribution in [2.45, 2.75) is 27.7 Å². The van der Waals surface area contributed by atoms with Crippen LogP contribution in [0, 0.1) is 50.4 Å². The summed E-state index contributed by atoms with van der Waals surface area (Å²) in [5.74, 6) is 0. The lowest BCUT2D eigenvalue weighted by molar-refractivity contribution is 1.07. The second-order valence-electron chi connectivity index (χ2n) is 19.4. The second kappa shape index (κ2) is 15.4. The van der Waals surface area contributed by atoms with Crippen molar-refractivity contribution in [3.8, 4) is 46.0 Å². The molecule has 0 saturated heterocycles. The van der Waals surface area contributed by atoms with Crippen LogP contribution in [0.1, 0.15) is 33.4 Å². The summed E-state index contributed by atoms with van der Waals surface area (Å²) in [6.07, 6.45) is 0. The van der Waals surface area contributed by atoms with Crippen molar-refractivity contribution in [1.82, 2.24) is 18.3 Å². The topological polar surface area (TPSA) is 67.3 Å². The number of rotatable bonds is 5. The number of aryl methyl sites for hydroxylation is 4. The number of benzene rings is 10. The van der Waals surface area contributed by atoms with Gasteiger partial charge in [-0.25, -0.2) is 0 Å². The lowest BCUT2D eigenvalue weighted by Crippen LogP contribution is -2.11. The highest BCUT2D eigenvalue weighted by atomic mass is 15.1. The summed E-state index contributed by atoms with van der Waals surface area (Å²) in [7, 11) is 0. The summed E-state index contributed by atoms with van der Waals surface area (Å²) in [4.78, 5) is 0. The lowest BCUT2D eigenvalue weighted by Gasteiger charge is -2.26. The minimum absolute atomic E-state index is 0.538. The lowest BCUT2D eigenvalue weighted by atomic mass is 9.94. The molecule has 4 aromatic heterocycles. The fraction of sp³-hybridized carbons (Fsp3) is 0.0606. The zero-order chi connectivity index (χ0) is 48.5.